The molecule has 0 saturated carbocycles. The van der Waals surface area contributed by atoms with Crippen LogP contribution in [0.25, 0.3) is 11.1 Å². The van der Waals surface area contributed by atoms with Crippen molar-refractivity contribution in [2.45, 2.75) is 51.3 Å². The van der Waals surface area contributed by atoms with Crippen molar-refractivity contribution >= 4 is 29.3 Å². The molecule has 0 radical (unpaired) electrons. The van der Waals surface area contributed by atoms with Gasteiger partial charge in [-0.05, 0) is 69.0 Å². The Morgan fingerprint density at radius 2 is 1.61 bits per heavy atom. The van der Waals surface area contributed by atoms with Gasteiger partial charge >= 0.3 is 6.09 Å². The molecular weight excluding hydrogens is 438 g/mol. The third-order valence-corrected chi connectivity index (χ3v) is 6.61. The van der Waals surface area contributed by atoms with Crippen LogP contribution in [0.1, 0.15) is 44.0 Å². The van der Waals surface area contributed by atoms with E-state index in [2.05, 4.69) is 29.2 Å². The molecule has 2 atom stereocenters. The molecular formula is C26H32ClN3O3. The highest BCUT2D eigenvalue weighted by molar-refractivity contribution is 6.34. The number of fused-ring (bicyclic) bond motifs is 3. The fraction of sp³-hybridized carbons (Fsp3) is 0.462. The minimum atomic E-state index is -0.482. The van der Waals surface area contributed by atoms with Gasteiger partial charge in [0, 0.05) is 38.9 Å². The molecule has 0 N–H and O–H groups in total. The number of ether oxygens (including phenoxy) is 1. The Morgan fingerprint density at radius 1 is 0.970 bits per heavy atom. The number of piperidine rings is 2. The van der Waals surface area contributed by atoms with Crippen LogP contribution in [0.2, 0.25) is 5.02 Å². The topological polar surface area (TPSA) is 53.1 Å². The molecule has 0 spiro atoms. The first-order valence-electron chi connectivity index (χ1n) is 11.4. The Balaban J connectivity index is 1.47. The van der Waals surface area contributed by atoms with Crippen LogP contribution in [0, 0.1) is 0 Å². The lowest BCUT2D eigenvalue weighted by Crippen LogP contribution is -2.64. The second-order valence-corrected chi connectivity index (χ2v) is 10.5. The molecule has 2 aromatic carbocycles. The van der Waals surface area contributed by atoms with Crippen molar-refractivity contribution in [2.75, 3.05) is 32.1 Å². The first kappa shape index (κ1) is 23.4. The van der Waals surface area contributed by atoms with Crippen LogP contribution in [0.5, 0.6) is 0 Å². The number of carbonyl (C=O) groups excluding carboxylic acids is 2. The van der Waals surface area contributed by atoms with E-state index in [1.807, 2.05) is 37.8 Å². The molecule has 2 amide bonds. The van der Waals surface area contributed by atoms with E-state index >= 15 is 0 Å². The van der Waals surface area contributed by atoms with Crippen LogP contribution in [0.15, 0.2) is 42.5 Å². The highest BCUT2D eigenvalue weighted by atomic mass is 35.5. The number of carbonyl (C=O) groups is 2. The van der Waals surface area contributed by atoms with E-state index in [-0.39, 0.29) is 18.0 Å². The van der Waals surface area contributed by atoms with Gasteiger partial charge in [-0.2, -0.15) is 0 Å². The summed E-state index contributed by atoms with van der Waals surface area (Å²) in [4.78, 5) is 30.7. The van der Waals surface area contributed by atoms with Gasteiger partial charge in [0.25, 0.3) is 5.91 Å². The van der Waals surface area contributed by atoms with Gasteiger partial charge in [-0.3, -0.25) is 4.79 Å². The second kappa shape index (κ2) is 8.90. The number of anilines is 1. The van der Waals surface area contributed by atoms with Crippen molar-refractivity contribution in [3.05, 3.63) is 53.1 Å². The summed E-state index contributed by atoms with van der Waals surface area (Å²) < 4.78 is 5.62. The van der Waals surface area contributed by atoms with Crippen molar-refractivity contribution in [3.63, 3.8) is 0 Å². The molecule has 1 unspecified atom stereocenters. The summed E-state index contributed by atoms with van der Waals surface area (Å²) >= 11 is 6.40. The first-order valence-corrected chi connectivity index (χ1v) is 11.8. The number of amides is 2. The zero-order valence-electron chi connectivity index (χ0n) is 20.0. The Labute approximate surface area is 201 Å². The van der Waals surface area contributed by atoms with Gasteiger partial charge in [0.1, 0.15) is 5.60 Å². The van der Waals surface area contributed by atoms with E-state index in [1.165, 1.54) is 4.90 Å². The van der Waals surface area contributed by atoms with E-state index in [4.69, 9.17) is 16.3 Å². The lowest BCUT2D eigenvalue weighted by Gasteiger charge is -2.52. The van der Waals surface area contributed by atoms with Gasteiger partial charge in [-0.1, -0.05) is 29.8 Å². The molecule has 0 aromatic heterocycles. The van der Waals surface area contributed by atoms with Crippen molar-refractivity contribution in [3.8, 4) is 11.1 Å². The number of halogens is 1. The SMILES string of the molecule is CN(C)C(=O)c1ccc(-c2ccc(N3C[C@H]4CCC3CN4C(=O)OC(C)(C)C)cc2)cc1Cl. The molecule has 2 bridgehead atoms. The highest BCUT2D eigenvalue weighted by Gasteiger charge is 2.42. The summed E-state index contributed by atoms with van der Waals surface area (Å²) in [5, 5.41) is 0.450. The fourth-order valence-corrected chi connectivity index (χ4v) is 4.90. The lowest BCUT2D eigenvalue weighted by molar-refractivity contribution is 0.000879. The van der Waals surface area contributed by atoms with Gasteiger partial charge in [-0.25, -0.2) is 4.79 Å². The van der Waals surface area contributed by atoms with E-state index < -0.39 is 5.60 Å². The highest BCUT2D eigenvalue weighted by Crippen LogP contribution is 2.35. The predicted molar refractivity (Wildman–Crippen MR) is 132 cm³/mol. The first-order chi connectivity index (χ1) is 15.5. The zero-order valence-corrected chi connectivity index (χ0v) is 20.7. The normalized spacial score (nSPS) is 20.1. The maximum absolute atomic E-state index is 12.6. The Morgan fingerprint density at radius 3 is 2.15 bits per heavy atom. The molecule has 0 aliphatic carbocycles. The van der Waals surface area contributed by atoms with Crippen molar-refractivity contribution in [1.82, 2.24) is 9.80 Å². The molecule has 3 saturated heterocycles. The maximum atomic E-state index is 12.6. The second-order valence-electron chi connectivity index (χ2n) is 10.1. The van der Waals surface area contributed by atoms with Gasteiger partial charge < -0.3 is 19.4 Å². The summed E-state index contributed by atoms with van der Waals surface area (Å²) in [6, 6.07) is 14.4. The van der Waals surface area contributed by atoms with Gasteiger partial charge in [-0.15, -0.1) is 0 Å². The third kappa shape index (κ3) is 4.96. The largest absolute Gasteiger partial charge is 0.444 e. The number of nitrogens with zero attached hydrogens (tertiary/aromatic N) is 3. The Hall–Kier alpha value is -2.73. The molecule has 7 heteroatoms. The zero-order chi connectivity index (χ0) is 23.9. The number of rotatable bonds is 3. The molecule has 3 heterocycles. The van der Waals surface area contributed by atoms with Crippen LogP contribution in [0.3, 0.4) is 0 Å². The Bertz CT molecular complexity index is 1050. The summed E-state index contributed by atoms with van der Waals surface area (Å²) in [7, 11) is 3.43. The molecule has 33 heavy (non-hydrogen) atoms. The molecule has 6 nitrogen and oxygen atoms in total. The van der Waals surface area contributed by atoms with Gasteiger partial charge in [0.05, 0.1) is 16.6 Å². The molecule has 3 aliphatic heterocycles. The van der Waals surface area contributed by atoms with E-state index in [9.17, 15) is 9.59 Å². The van der Waals surface area contributed by atoms with Gasteiger partial charge in [0.15, 0.2) is 0 Å². The van der Waals surface area contributed by atoms with E-state index in [0.717, 1.165) is 36.2 Å². The smallest absolute Gasteiger partial charge is 0.410 e. The van der Waals surface area contributed by atoms with Crippen LogP contribution in [-0.4, -0.2) is 66.7 Å². The summed E-state index contributed by atoms with van der Waals surface area (Å²) in [6.07, 6.45) is 1.87. The number of benzene rings is 2. The Kier molecular flexibility index (Phi) is 6.32. The van der Waals surface area contributed by atoms with E-state index in [0.29, 0.717) is 23.2 Å². The molecule has 2 aromatic rings. The molecule has 3 fully saturated rings. The molecule has 3 aliphatic rings. The standard InChI is InChI=1S/C26H32ClN3O3/c1-26(2,3)33-25(32)30-16-20-11-12-21(30)15-29(20)19-9-6-17(7-10-19)18-8-13-22(23(27)14-18)24(31)28(4)5/h6-10,13-14,20-21H,11-12,15-16H2,1-5H3/t20?,21-/m1/s1. The number of hydrogen-bond donors (Lipinski definition) is 0. The van der Waals surface area contributed by atoms with Crippen molar-refractivity contribution in [1.29, 1.82) is 0 Å². The lowest BCUT2D eigenvalue weighted by atomic mass is 9.90. The minimum absolute atomic E-state index is 0.109. The van der Waals surface area contributed by atoms with E-state index in [1.54, 1.807) is 20.2 Å². The fourth-order valence-electron chi connectivity index (χ4n) is 4.64. The van der Waals surface area contributed by atoms with Crippen LogP contribution >= 0.6 is 11.6 Å². The average Bonchev–Trinajstić information content (AvgIpc) is 2.77. The van der Waals surface area contributed by atoms with Crippen LogP contribution in [-0.2, 0) is 4.74 Å². The van der Waals surface area contributed by atoms with Gasteiger partial charge in [0.2, 0.25) is 0 Å². The minimum Gasteiger partial charge on any atom is -0.444 e. The summed E-state index contributed by atoms with van der Waals surface area (Å²) in [6.45, 7) is 7.22. The third-order valence-electron chi connectivity index (χ3n) is 6.30. The quantitative estimate of drug-likeness (QED) is 0.612. The van der Waals surface area contributed by atoms with Crippen LogP contribution < -0.4 is 4.90 Å². The molecule has 176 valence electrons. The summed E-state index contributed by atoms with van der Waals surface area (Å²) in [5.41, 5.74) is 3.19. The molecule has 5 rings (SSSR count). The average molecular weight is 470 g/mol. The number of hydrogen-bond acceptors (Lipinski definition) is 4. The predicted octanol–water partition coefficient (Wildman–Crippen LogP) is 5.30. The number of piperazine rings is 1. The van der Waals surface area contributed by atoms with Crippen molar-refractivity contribution < 1.29 is 14.3 Å². The monoisotopic (exact) mass is 469 g/mol. The van der Waals surface area contributed by atoms with Crippen molar-refractivity contribution in [2.24, 2.45) is 0 Å². The summed E-state index contributed by atoms with van der Waals surface area (Å²) in [5.74, 6) is -0.109. The maximum Gasteiger partial charge on any atom is 0.410 e. The van der Waals surface area contributed by atoms with Crippen LogP contribution in [0.4, 0.5) is 10.5 Å².